The Morgan fingerprint density at radius 2 is 2.28 bits per heavy atom. The van der Waals surface area contributed by atoms with Crippen LogP contribution in [0.25, 0.3) is 5.69 Å². The van der Waals surface area contributed by atoms with Crippen LogP contribution < -0.4 is 10.6 Å². The molecule has 0 saturated carbocycles. The second kappa shape index (κ2) is 8.97. The normalized spacial score (nSPS) is 18.2. The molecule has 0 aliphatic carbocycles. The van der Waals surface area contributed by atoms with Crippen LogP contribution in [-0.2, 0) is 4.79 Å². The first-order valence-corrected chi connectivity index (χ1v) is 8.43. The van der Waals surface area contributed by atoms with Gasteiger partial charge in [0.25, 0.3) is 0 Å². The molecule has 1 aromatic carbocycles. The predicted octanol–water partition coefficient (Wildman–Crippen LogP) is 3.40. The van der Waals surface area contributed by atoms with Gasteiger partial charge in [0.15, 0.2) is 0 Å². The highest BCUT2D eigenvalue weighted by atomic mass is 35.5. The lowest BCUT2D eigenvalue weighted by atomic mass is 9.85. The third kappa shape index (κ3) is 5.03. The van der Waals surface area contributed by atoms with Gasteiger partial charge >= 0.3 is 0 Å². The number of nitrogens with zero attached hydrogens (tertiary/aromatic N) is 2. The van der Waals surface area contributed by atoms with Gasteiger partial charge in [-0.15, -0.1) is 12.4 Å². The van der Waals surface area contributed by atoms with Gasteiger partial charge in [-0.2, -0.15) is 5.10 Å². The maximum Gasteiger partial charge on any atom is 0.224 e. The van der Waals surface area contributed by atoms with Gasteiger partial charge in [-0.3, -0.25) is 4.79 Å². The number of amides is 1. The summed E-state index contributed by atoms with van der Waals surface area (Å²) < 4.78 is 15.2. The van der Waals surface area contributed by atoms with Crippen LogP contribution in [0.2, 0.25) is 0 Å². The Bertz CT molecular complexity index is 700. The monoisotopic (exact) mass is 366 g/mol. The average Bonchev–Trinajstić information content (AvgIpc) is 3.04. The lowest BCUT2D eigenvalue weighted by molar-refractivity contribution is -0.117. The van der Waals surface area contributed by atoms with E-state index in [1.165, 1.54) is 29.8 Å². The fourth-order valence-corrected chi connectivity index (χ4v) is 3.19. The lowest BCUT2D eigenvalue weighted by Gasteiger charge is -2.27. The number of hydrogen-bond acceptors (Lipinski definition) is 3. The minimum Gasteiger partial charge on any atom is -0.323 e. The van der Waals surface area contributed by atoms with Crippen molar-refractivity contribution >= 4 is 24.0 Å². The topological polar surface area (TPSA) is 59.0 Å². The van der Waals surface area contributed by atoms with E-state index in [9.17, 15) is 9.18 Å². The largest absolute Gasteiger partial charge is 0.323 e. The van der Waals surface area contributed by atoms with Crippen LogP contribution in [0.3, 0.4) is 0 Å². The number of hydrogen-bond donors (Lipinski definition) is 2. The second-order valence-corrected chi connectivity index (χ2v) is 6.46. The second-order valence-electron chi connectivity index (χ2n) is 6.46. The number of carbonyl (C=O) groups is 1. The van der Waals surface area contributed by atoms with Crippen LogP contribution in [0.1, 0.15) is 26.2 Å². The van der Waals surface area contributed by atoms with Crippen molar-refractivity contribution in [3.63, 3.8) is 0 Å². The molecule has 3 rings (SSSR count). The Labute approximate surface area is 153 Å². The minimum atomic E-state index is -0.350. The minimum absolute atomic E-state index is 0. The zero-order valence-corrected chi connectivity index (χ0v) is 15.1. The van der Waals surface area contributed by atoms with Crippen molar-refractivity contribution in [3.05, 3.63) is 42.5 Å². The van der Waals surface area contributed by atoms with Crippen LogP contribution in [0.15, 0.2) is 36.7 Å². The molecule has 1 saturated heterocycles. The molecule has 25 heavy (non-hydrogen) atoms. The average molecular weight is 367 g/mol. The van der Waals surface area contributed by atoms with Gasteiger partial charge in [0.2, 0.25) is 5.91 Å². The zero-order chi connectivity index (χ0) is 16.9. The lowest BCUT2D eigenvalue weighted by Crippen LogP contribution is -2.34. The number of benzene rings is 1. The van der Waals surface area contributed by atoms with Gasteiger partial charge < -0.3 is 10.6 Å². The van der Waals surface area contributed by atoms with Gasteiger partial charge in [0.05, 0.1) is 18.1 Å². The molecule has 2 N–H and O–H groups in total. The van der Waals surface area contributed by atoms with Crippen LogP contribution in [-0.4, -0.2) is 28.8 Å². The molecule has 1 amide bonds. The van der Waals surface area contributed by atoms with Gasteiger partial charge in [-0.1, -0.05) is 19.1 Å². The van der Waals surface area contributed by atoms with E-state index in [1.807, 2.05) is 0 Å². The summed E-state index contributed by atoms with van der Waals surface area (Å²) in [6.07, 6.45) is 6.00. The number of piperidine rings is 1. The number of anilines is 1. The van der Waals surface area contributed by atoms with E-state index >= 15 is 0 Å². The van der Waals surface area contributed by atoms with Gasteiger partial charge in [0.1, 0.15) is 11.5 Å². The van der Waals surface area contributed by atoms with Crippen molar-refractivity contribution in [2.45, 2.75) is 26.2 Å². The van der Waals surface area contributed by atoms with E-state index < -0.39 is 0 Å². The maximum atomic E-state index is 13.8. The molecule has 7 heteroatoms. The van der Waals surface area contributed by atoms with Crippen molar-refractivity contribution in [1.29, 1.82) is 0 Å². The first-order valence-electron chi connectivity index (χ1n) is 8.43. The molecule has 0 radical (unpaired) electrons. The molecule has 2 heterocycles. The van der Waals surface area contributed by atoms with Crippen LogP contribution in [0, 0.1) is 17.7 Å². The molecule has 5 nitrogen and oxygen atoms in total. The Hall–Kier alpha value is -1.92. The number of rotatable bonds is 5. The molecule has 1 fully saturated rings. The molecule has 2 aromatic rings. The quantitative estimate of drug-likeness (QED) is 0.852. The molecule has 0 bridgehead atoms. The van der Waals surface area contributed by atoms with Crippen molar-refractivity contribution in [2.75, 3.05) is 18.4 Å². The summed E-state index contributed by atoms with van der Waals surface area (Å²) in [6.45, 7) is 4.18. The molecular formula is C18H24ClFN4O. The highest BCUT2D eigenvalue weighted by molar-refractivity contribution is 5.90. The number of nitrogens with one attached hydrogen (secondary N) is 2. The standard InChI is InChI=1S/C18H23FN4O.ClH/c1-13(14-5-4-8-20-10-14)9-18(24)22-15-11-21-23(12-15)17-7-3-2-6-16(17)19;/h2-3,6-7,11-14,20H,4-5,8-10H2,1H3,(H,22,24);1H. The maximum absolute atomic E-state index is 13.8. The fourth-order valence-electron chi connectivity index (χ4n) is 3.19. The van der Waals surface area contributed by atoms with E-state index in [0.717, 1.165) is 13.1 Å². The molecule has 136 valence electrons. The third-order valence-corrected chi connectivity index (χ3v) is 4.61. The van der Waals surface area contributed by atoms with E-state index in [0.29, 0.717) is 29.6 Å². The third-order valence-electron chi connectivity index (χ3n) is 4.61. The molecule has 1 aliphatic heterocycles. The summed E-state index contributed by atoms with van der Waals surface area (Å²) in [6, 6.07) is 6.41. The van der Waals surface area contributed by atoms with Gasteiger partial charge in [-0.05, 0) is 49.9 Å². The van der Waals surface area contributed by atoms with Gasteiger partial charge in [0, 0.05) is 6.42 Å². The Morgan fingerprint density at radius 3 is 3.00 bits per heavy atom. The molecule has 2 unspecified atom stereocenters. The van der Waals surface area contributed by atoms with Crippen molar-refractivity contribution in [3.8, 4) is 5.69 Å². The van der Waals surface area contributed by atoms with Crippen molar-refractivity contribution < 1.29 is 9.18 Å². The SMILES string of the molecule is CC(CC(=O)Nc1cnn(-c2ccccc2F)c1)C1CCCNC1.Cl. The highest BCUT2D eigenvalue weighted by Crippen LogP contribution is 2.23. The smallest absolute Gasteiger partial charge is 0.224 e. The zero-order valence-electron chi connectivity index (χ0n) is 14.2. The van der Waals surface area contributed by atoms with Crippen molar-refractivity contribution in [2.24, 2.45) is 11.8 Å². The molecule has 0 spiro atoms. The summed E-state index contributed by atoms with van der Waals surface area (Å²) >= 11 is 0. The summed E-state index contributed by atoms with van der Waals surface area (Å²) in [5.74, 6) is 0.503. The Kier molecular flexibility index (Phi) is 6.96. The van der Waals surface area contributed by atoms with E-state index in [-0.39, 0.29) is 24.1 Å². The summed E-state index contributed by atoms with van der Waals surface area (Å²) in [4.78, 5) is 12.2. The van der Waals surface area contributed by atoms with Crippen LogP contribution in [0.4, 0.5) is 10.1 Å². The fraction of sp³-hybridized carbons (Fsp3) is 0.444. The van der Waals surface area contributed by atoms with E-state index in [2.05, 4.69) is 22.7 Å². The number of aromatic nitrogens is 2. The molecule has 2 atom stereocenters. The van der Waals surface area contributed by atoms with Gasteiger partial charge in [-0.25, -0.2) is 9.07 Å². The molecule has 1 aliphatic rings. The number of para-hydroxylation sites is 1. The van der Waals surface area contributed by atoms with Crippen LogP contribution in [0.5, 0.6) is 0 Å². The molecular weight excluding hydrogens is 343 g/mol. The highest BCUT2D eigenvalue weighted by Gasteiger charge is 2.22. The Morgan fingerprint density at radius 1 is 1.48 bits per heavy atom. The summed E-state index contributed by atoms with van der Waals surface area (Å²) in [5.41, 5.74) is 0.942. The first kappa shape index (κ1) is 19.4. The first-order chi connectivity index (χ1) is 11.6. The summed E-state index contributed by atoms with van der Waals surface area (Å²) in [7, 11) is 0. The number of carbonyl (C=O) groups excluding carboxylic acids is 1. The van der Waals surface area contributed by atoms with E-state index in [1.54, 1.807) is 24.4 Å². The molecule has 1 aromatic heterocycles. The Balaban J connectivity index is 0.00000225. The van der Waals surface area contributed by atoms with E-state index in [4.69, 9.17) is 0 Å². The van der Waals surface area contributed by atoms with Crippen molar-refractivity contribution in [1.82, 2.24) is 15.1 Å². The predicted molar refractivity (Wildman–Crippen MR) is 98.8 cm³/mol. The number of halogens is 2. The summed E-state index contributed by atoms with van der Waals surface area (Å²) in [5, 5.41) is 10.4. The van der Waals surface area contributed by atoms with Crippen LogP contribution >= 0.6 is 12.4 Å².